The number of para-hydroxylation sites is 1. The normalized spacial score (nSPS) is 11.1. The van der Waals surface area contributed by atoms with E-state index in [1.54, 1.807) is 42.5 Å². The fourth-order valence-corrected chi connectivity index (χ4v) is 5.24. The van der Waals surface area contributed by atoms with E-state index in [-0.39, 0.29) is 18.5 Å². The van der Waals surface area contributed by atoms with Crippen molar-refractivity contribution in [3.8, 4) is 5.75 Å². The van der Waals surface area contributed by atoms with E-state index in [0.29, 0.717) is 41.3 Å². The first kappa shape index (κ1) is 35.3. The van der Waals surface area contributed by atoms with Crippen LogP contribution in [0.1, 0.15) is 95.9 Å². The number of benzene rings is 3. The number of esters is 2. The molecule has 0 radical (unpaired) electrons. The SMILES string of the molecule is CCCCCCCCOc1ccccc1C(=O)Nc1ccc(C(=O)OCC[N+](CC)(CC)Cc2ccc(C(=O)OC)cc2)cc1. The average molecular weight is 618 g/mol. The van der Waals surface area contributed by atoms with Crippen molar-refractivity contribution in [2.75, 3.05) is 45.3 Å². The highest BCUT2D eigenvalue weighted by Gasteiger charge is 2.25. The Morgan fingerprint density at radius 2 is 1.33 bits per heavy atom. The molecular formula is C37H49N2O6+. The fourth-order valence-electron chi connectivity index (χ4n) is 5.24. The van der Waals surface area contributed by atoms with Crippen molar-refractivity contribution in [1.29, 1.82) is 0 Å². The maximum atomic E-state index is 13.0. The molecule has 1 N–H and O–H groups in total. The van der Waals surface area contributed by atoms with Gasteiger partial charge in [0.25, 0.3) is 5.91 Å². The monoisotopic (exact) mass is 617 g/mol. The average Bonchev–Trinajstić information content (AvgIpc) is 3.07. The zero-order valence-corrected chi connectivity index (χ0v) is 27.3. The van der Waals surface area contributed by atoms with Gasteiger partial charge < -0.3 is 24.0 Å². The number of hydrogen-bond donors (Lipinski definition) is 1. The summed E-state index contributed by atoms with van der Waals surface area (Å²) in [5.74, 6) is -0.466. The molecule has 0 fully saturated rings. The van der Waals surface area contributed by atoms with E-state index in [1.165, 1.54) is 32.8 Å². The number of nitrogens with one attached hydrogen (secondary N) is 1. The standard InChI is InChI=1S/C37H48N2O6/c1-5-8-9-10-11-14-26-44-34-16-13-12-15-33(34)35(40)38-32-23-21-31(22-24-32)37(42)45-27-25-39(6-2,7-3)28-29-17-19-30(20-18-29)36(41)43-4/h12-13,15-24H,5-11,14,25-28H2,1-4H3/p+1. The number of hydrogen-bond acceptors (Lipinski definition) is 6. The summed E-state index contributed by atoms with van der Waals surface area (Å²) in [6.45, 7) is 10.5. The van der Waals surface area contributed by atoms with Crippen LogP contribution in [0.2, 0.25) is 0 Å². The third-order valence-electron chi connectivity index (χ3n) is 8.30. The molecule has 0 aromatic heterocycles. The zero-order chi connectivity index (χ0) is 32.5. The molecule has 0 atom stereocenters. The molecule has 0 heterocycles. The highest BCUT2D eigenvalue weighted by molar-refractivity contribution is 6.06. The van der Waals surface area contributed by atoms with Crippen molar-refractivity contribution in [2.24, 2.45) is 0 Å². The van der Waals surface area contributed by atoms with Crippen molar-refractivity contribution in [2.45, 2.75) is 65.8 Å². The molecule has 1 amide bonds. The largest absolute Gasteiger partial charge is 0.493 e. The number of likely N-dealkylation sites (N-methyl/N-ethyl adjacent to an activating group) is 1. The Kier molecular flexibility index (Phi) is 14.6. The molecule has 3 rings (SSSR count). The molecule has 0 saturated heterocycles. The van der Waals surface area contributed by atoms with Gasteiger partial charge in [-0.3, -0.25) is 4.79 Å². The maximum absolute atomic E-state index is 13.0. The van der Waals surface area contributed by atoms with Gasteiger partial charge in [0.1, 0.15) is 25.4 Å². The van der Waals surface area contributed by atoms with E-state index in [0.717, 1.165) is 42.5 Å². The highest BCUT2D eigenvalue weighted by Crippen LogP contribution is 2.21. The second-order valence-electron chi connectivity index (χ2n) is 11.3. The number of unbranched alkanes of at least 4 members (excludes halogenated alkanes) is 5. The predicted molar refractivity (Wildman–Crippen MR) is 178 cm³/mol. The van der Waals surface area contributed by atoms with Crippen LogP contribution in [0.4, 0.5) is 5.69 Å². The first-order valence-corrected chi connectivity index (χ1v) is 16.2. The fraction of sp³-hybridized carbons (Fsp3) is 0.432. The number of quaternary nitrogens is 1. The van der Waals surface area contributed by atoms with Gasteiger partial charge in [-0.15, -0.1) is 0 Å². The Hall–Kier alpha value is -4.17. The van der Waals surface area contributed by atoms with Crippen molar-refractivity contribution in [3.63, 3.8) is 0 Å². The minimum atomic E-state index is -0.408. The van der Waals surface area contributed by atoms with Gasteiger partial charge in [0.05, 0.1) is 43.5 Å². The first-order valence-electron chi connectivity index (χ1n) is 16.2. The Morgan fingerprint density at radius 3 is 2.00 bits per heavy atom. The summed E-state index contributed by atoms with van der Waals surface area (Å²) in [5, 5.41) is 2.90. The van der Waals surface area contributed by atoms with Crippen LogP contribution in [0.15, 0.2) is 72.8 Å². The van der Waals surface area contributed by atoms with Gasteiger partial charge in [0, 0.05) is 11.3 Å². The van der Waals surface area contributed by atoms with Crippen LogP contribution in [-0.2, 0) is 16.0 Å². The van der Waals surface area contributed by atoms with Crippen LogP contribution < -0.4 is 10.1 Å². The van der Waals surface area contributed by atoms with E-state index < -0.39 is 5.97 Å². The molecule has 0 unspecified atom stereocenters. The molecule has 0 aliphatic carbocycles. The van der Waals surface area contributed by atoms with E-state index in [9.17, 15) is 14.4 Å². The number of rotatable bonds is 19. The van der Waals surface area contributed by atoms with Crippen molar-refractivity contribution < 1.29 is 33.1 Å². The van der Waals surface area contributed by atoms with E-state index in [2.05, 4.69) is 26.1 Å². The summed E-state index contributed by atoms with van der Waals surface area (Å²) in [6.07, 6.45) is 7.03. The Balaban J connectivity index is 1.50. The molecule has 0 aliphatic heterocycles. The van der Waals surface area contributed by atoms with Crippen LogP contribution in [-0.4, -0.2) is 62.3 Å². The lowest BCUT2D eigenvalue weighted by Crippen LogP contribution is -2.49. The van der Waals surface area contributed by atoms with Crippen molar-refractivity contribution in [1.82, 2.24) is 0 Å². The molecule has 8 heteroatoms. The smallest absolute Gasteiger partial charge is 0.338 e. The third-order valence-corrected chi connectivity index (χ3v) is 8.30. The highest BCUT2D eigenvalue weighted by atomic mass is 16.5. The minimum Gasteiger partial charge on any atom is -0.493 e. The molecule has 8 nitrogen and oxygen atoms in total. The summed E-state index contributed by atoms with van der Waals surface area (Å²) in [5.41, 5.74) is 3.08. The lowest BCUT2D eigenvalue weighted by molar-refractivity contribution is -0.937. The van der Waals surface area contributed by atoms with Gasteiger partial charge in [0.2, 0.25) is 0 Å². The number of methoxy groups -OCH3 is 1. The lowest BCUT2D eigenvalue weighted by atomic mass is 10.1. The van der Waals surface area contributed by atoms with Crippen LogP contribution in [0.5, 0.6) is 5.75 Å². The summed E-state index contributed by atoms with van der Waals surface area (Å²) in [6, 6.07) is 21.4. The molecule has 242 valence electrons. The summed E-state index contributed by atoms with van der Waals surface area (Å²) in [7, 11) is 1.37. The zero-order valence-electron chi connectivity index (χ0n) is 27.3. The summed E-state index contributed by atoms with van der Waals surface area (Å²) < 4.78 is 17.1. The molecule has 0 bridgehead atoms. The summed E-state index contributed by atoms with van der Waals surface area (Å²) >= 11 is 0. The Bertz CT molecular complexity index is 1350. The Morgan fingerprint density at radius 1 is 0.711 bits per heavy atom. The van der Waals surface area contributed by atoms with Crippen LogP contribution in [0, 0.1) is 0 Å². The predicted octanol–water partition coefficient (Wildman–Crippen LogP) is 7.68. The molecule has 0 aliphatic rings. The van der Waals surface area contributed by atoms with E-state index >= 15 is 0 Å². The molecule has 0 spiro atoms. The van der Waals surface area contributed by atoms with Gasteiger partial charge in [0.15, 0.2) is 0 Å². The van der Waals surface area contributed by atoms with Crippen molar-refractivity contribution >= 4 is 23.5 Å². The minimum absolute atomic E-state index is 0.267. The first-order chi connectivity index (χ1) is 21.8. The van der Waals surface area contributed by atoms with Crippen LogP contribution >= 0.6 is 0 Å². The van der Waals surface area contributed by atoms with Gasteiger partial charge >= 0.3 is 11.9 Å². The number of carbonyl (C=O) groups excluding carboxylic acids is 3. The molecule has 3 aromatic rings. The van der Waals surface area contributed by atoms with E-state index in [4.69, 9.17) is 14.2 Å². The lowest BCUT2D eigenvalue weighted by Gasteiger charge is -2.36. The second-order valence-corrected chi connectivity index (χ2v) is 11.3. The Labute approximate surface area is 268 Å². The number of anilines is 1. The van der Waals surface area contributed by atoms with E-state index in [1.807, 2.05) is 30.3 Å². The number of ether oxygens (including phenoxy) is 3. The van der Waals surface area contributed by atoms with Crippen molar-refractivity contribution in [3.05, 3.63) is 95.1 Å². The number of amides is 1. The molecule has 45 heavy (non-hydrogen) atoms. The molecule has 0 saturated carbocycles. The van der Waals surface area contributed by atoms with Crippen LogP contribution in [0.25, 0.3) is 0 Å². The summed E-state index contributed by atoms with van der Waals surface area (Å²) in [4.78, 5) is 37.6. The molecular weight excluding hydrogens is 568 g/mol. The third kappa shape index (κ3) is 11.0. The number of nitrogens with zero attached hydrogens (tertiary/aromatic N) is 1. The second kappa shape index (κ2) is 18.6. The topological polar surface area (TPSA) is 90.9 Å². The van der Waals surface area contributed by atoms with Gasteiger partial charge in [-0.05, 0) is 68.8 Å². The van der Waals surface area contributed by atoms with Gasteiger partial charge in [-0.25, -0.2) is 9.59 Å². The molecule has 3 aromatic carbocycles. The maximum Gasteiger partial charge on any atom is 0.338 e. The van der Waals surface area contributed by atoms with Crippen LogP contribution in [0.3, 0.4) is 0 Å². The quantitative estimate of drug-likeness (QED) is 0.0843. The van der Waals surface area contributed by atoms with Gasteiger partial charge in [-0.1, -0.05) is 63.3 Å². The van der Waals surface area contributed by atoms with Gasteiger partial charge in [-0.2, -0.15) is 0 Å². The number of carbonyl (C=O) groups is 3.